The quantitative estimate of drug-likeness (QED) is 0.879. The fourth-order valence-electron chi connectivity index (χ4n) is 2.89. The van der Waals surface area contributed by atoms with Gasteiger partial charge in [0, 0.05) is 36.5 Å². The Labute approximate surface area is 129 Å². The first-order valence-electron chi connectivity index (χ1n) is 7.59. The predicted molar refractivity (Wildman–Crippen MR) is 82.4 cm³/mol. The maximum atomic E-state index is 12.4. The summed E-state index contributed by atoms with van der Waals surface area (Å²) in [6.07, 6.45) is 3.47. The average Bonchev–Trinajstić information content (AvgIpc) is 3.08. The molecule has 1 fully saturated rings. The summed E-state index contributed by atoms with van der Waals surface area (Å²) in [6.45, 7) is 1.30. The monoisotopic (exact) mass is 297 g/mol. The van der Waals surface area contributed by atoms with E-state index in [1.807, 2.05) is 41.3 Å². The first kappa shape index (κ1) is 14.5. The number of hydrogen-bond donors (Lipinski definition) is 1. The molecule has 0 spiro atoms. The number of benzene rings is 1. The van der Waals surface area contributed by atoms with Crippen molar-refractivity contribution in [2.75, 3.05) is 13.1 Å². The molecule has 0 bridgehead atoms. The zero-order valence-electron chi connectivity index (χ0n) is 12.4. The summed E-state index contributed by atoms with van der Waals surface area (Å²) in [6, 6.07) is 11.2. The number of hydrogen-bond acceptors (Lipinski definition) is 3. The van der Waals surface area contributed by atoms with Crippen LogP contribution >= 0.6 is 0 Å². The van der Waals surface area contributed by atoms with Crippen molar-refractivity contribution in [3.8, 4) is 0 Å². The molecular weight excluding hydrogens is 278 g/mol. The van der Waals surface area contributed by atoms with Gasteiger partial charge in [-0.1, -0.05) is 30.3 Å². The largest absolute Gasteiger partial charge is 0.342 e. The van der Waals surface area contributed by atoms with Crippen molar-refractivity contribution >= 4 is 11.7 Å². The molecule has 1 N–H and O–H groups in total. The van der Waals surface area contributed by atoms with E-state index >= 15 is 0 Å². The van der Waals surface area contributed by atoms with Crippen LogP contribution in [0.4, 0.5) is 0 Å². The number of aromatic nitrogens is 2. The highest BCUT2D eigenvalue weighted by Crippen LogP contribution is 2.22. The van der Waals surface area contributed by atoms with E-state index in [0.717, 1.165) is 24.1 Å². The van der Waals surface area contributed by atoms with Crippen LogP contribution in [-0.2, 0) is 11.2 Å². The number of aromatic amines is 1. The second-order valence-corrected chi connectivity index (χ2v) is 5.64. The molecule has 1 aliphatic rings. The van der Waals surface area contributed by atoms with Gasteiger partial charge in [0.05, 0.1) is 6.42 Å². The summed E-state index contributed by atoms with van der Waals surface area (Å²) >= 11 is 0. The number of nitrogens with zero attached hydrogens (tertiary/aromatic N) is 2. The molecule has 0 aliphatic carbocycles. The van der Waals surface area contributed by atoms with Gasteiger partial charge in [-0.25, -0.2) is 0 Å². The van der Waals surface area contributed by atoms with Crippen molar-refractivity contribution < 1.29 is 9.59 Å². The van der Waals surface area contributed by atoms with E-state index in [4.69, 9.17) is 0 Å². The fraction of sp³-hybridized carbons (Fsp3) is 0.353. The van der Waals surface area contributed by atoms with Crippen LogP contribution in [0.3, 0.4) is 0 Å². The smallest absolute Gasteiger partial charge is 0.228 e. The number of piperidine rings is 1. The van der Waals surface area contributed by atoms with Gasteiger partial charge in [-0.05, 0) is 18.9 Å². The normalized spacial score (nSPS) is 15.7. The van der Waals surface area contributed by atoms with E-state index < -0.39 is 0 Å². The van der Waals surface area contributed by atoms with Gasteiger partial charge >= 0.3 is 0 Å². The summed E-state index contributed by atoms with van der Waals surface area (Å²) in [5.74, 6) is 0.315. The lowest BCUT2D eigenvalue weighted by molar-refractivity contribution is -0.131. The standard InChI is InChI=1S/C17H19N3O2/c21-16(12-15-6-9-18-19-15)20-10-7-14(8-11-20)17(22)13-4-2-1-3-5-13/h1-6,9,14H,7-8,10-12H2,(H,18,19). The number of likely N-dealkylation sites (tertiary alicyclic amines) is 1. The van der Waals surface area contributed by atoms with E-state index in [2.05, 4.69) is 10.2 Å². The zero-order valence-corrected chi connectivity index (χ0v) is 12.4. The van der Waals surface area contributed by atoms with Crippen molar-refractivity contribution in [3.05, 3.63) is 53.9 Å². The molecular formula is C17H19N3O2. The molecule has 114 valence electrons. The number of carbonyl (C=O) groups excluding carboxylic acids is 2. The number of rotatable bonds is 4. The molecule has 5 heteroatoms. The Balaban J connectivity index is 1.54. The summed E-state index contributed by atoms with van der Waals surface area (Å²) in [5.41, 5.74) is 1.59. The Hall–Kier alpha value is -2.43. The third kappa shape index (κ3) is 3.24. The minimum absolute atomic E-state index is 0.0265. The predicted octanol–water partition coefficient (Wildman–Crippen LogP) is 2.07. The minimum atomic E-state index is 0.0265. The Bertz CT molecular complexity index is 629. The molecule has 1 saturated heterocycles. The maximum absolute atomic E-state index is 12.4. The average molecular weight is 297 g/mol. The van der Waals surface area contributed by atoms with Gasteiger partial charge in [0.1, 0.15) is 0 Å². The van der Waals surface area contributed by atoms with E-state index in [1.54, 1.807) is 6.20 Å². The summed E-state index contributed by atoms with van der Waals surface area (Å²) in [5, 5.41) is 6.65. The van der Waals surface area contributed by atoms with E-state index in [1.165, 1.54) is 0 Å². The first-order valence-corrected chi connectivity index (χ1v) is 7.59. The van der Waals surface area contributed by atoms with Crippen molar-refractivity contribution in [1.82, 2.24) is 15.1 Å². The molecule has 2 aromatic rings. The van der Waals surface area contributed by atoms with Gasteiger partial charge in [-0.2, -0.15) is 5.10 Å². The topological polar surface area (TPSA) is 66.1 Å². The highest BCUT2D eigenvalue weighted by Gasteiger charge is 2.27. The molecule has 0 saturated carbocycles. The lowest BCUT2D eigenvalue weighted by Gasteiger charge is -2.31. The molecule has 0 radical (unpaired) electrons. The number of nitrogens with one attached hydrogen (secondary N) is 1. The molecule has 2 heterocycles. The highest BCUT2D eigenvalue weighted by molar-refractivity contribution is 5.98. The number of carbonyl (C=O) groups is 2. The molecule has 5 nitrogen and oxygen atoms in total. The fourth-order valence-corrected chi connectivity index (χ4v) is 2.89. The number of Topliss-reactive ketones (excluding diaryl/α,β-unsaturated/α-hetero) is 1. The highest BCUT2D eigenvalue weighted by atomic mass is 16.2. The van der Waals surface area contributed by atoms with E-state index in [-0.39, 0.29) is 17.6 Å². The molecule has 1 amide bonds. The van der Waals surface area contributed by atoms with E-state index in [9.17, 15) is 9.59 Å². The van der Waals surface area contributed by atoms with Crippen LogP contribution in [0, 0.1) is 5.92 Å². The van der Waals surface area contributed by atoms with Gasteiger partial charge in [-0.15, -0.1) is 0 Å². The Morgan fingerprint density at radius 1 is 1.14 bits per heavy atom. The Morgan fingerprint density at radius 2 is 1.86 bits per heavy atom. The van der Waals surface area contributed by atoms with Crippen molar-refractivity contribution in [2.45, 2.75) is 19.3 Å². The molecule has 3 rings (SSSR count). The van der Waals surface area contributed by atoms with Gasteiger partial charge < -0.3 is 4.90 Å². The van der Waals surface area contributed by atoms with Crippen LogP contribution in [0.25, 0.3) is 0 Å². The third-order valence-electron chi connectivity index (χ3n) is 4.18. The second kappa shape index (κ2) is 6.56. The zero-order chi connectivity index (χ0) is 15.4. The minimum Gasteiger partial charge on any atom is -0.342 e. The number of H-pyrrole nitrogens is 1. The Kier molecular flexibility index (Phi) is 4.32. The van der Waals surface area contributed by atoms with Crippen molar-refractivity contribution in [3.63, 3.8) is 0 Å². The van der Waals surface area contributed by atoms with Crippen LogP contribution in [0.15, 0.2) is 42.6 Å². The van der Waals surface area contributed by atoms with Gasteiger partial charge in [0.2, 0.25) is 5.91 Å². The van der Waals surface area contributed by atoms with Crippen molar-refractivity contribution in [2.24, 2.45) is 5.92 Å². The number of ketones is 1. The molecule has 1 aliphatic heterocycles. The van der Waals surface area contributed by atoms with Gasteiger partial charge in [0.25, 0.3) is 0 Å². The SMILES string of the molecule is O=C(c1ccccc1)C1CCN(C(=O)Cc2ccn[nH]2)CC1. The second-order valence-electron chi connectivity index (χ2n) is 5.64. The number of amides is 1. The van der Waals surface area contributed by atoms with Gasteiger partial charge in [0.15, 0.2) is 5.78 Å². The molecule has 22 heavy (non-hydrogen) atoms. The van der Waals surface area contributed by atoms with E-state index in [0.29, 0.717) is 19.5 Å². The summed E-state index contributed by atoms with van der Waals surface area (Å²) in [7, 11) is 0. The lowest BCUT2D eigenvalue weighted by Crippen LogP contribution is -2.41. The molecule has 1 aromatic carbocycles. The molecule has 0 atom stereocenters. The third-order valence-corrected chi connectivity index (χ3v) is 4.18. The van der Waals surface area contributed by atoms with Crippen LogP contribution in [0.2, 0.25) is 0 Å². The van der Waals surface area contributed by atoms with Crippen LogP contribution in [-0.4, -0.2) is 39.9 Å². The first-order chi connectivity index (χ1) is 10.7. The van der Waals surface area contributed by atoms with Crippen molar-refractivity contribution in [1.29, 1.82) is 0 Å². The lowest BCUT2D eigenvalue weighted by atomic mass is 9.89. The van der Waals surface area contributed by atoms with Crippen LogP contribution in [0.1, 0.15) is 28.9 Å². The molecule has 1 aromatic heterocycles. The summed E-state index contributed by atoms with van der Waals surface area (Å²) in [4.78, 5) is 26.5. The van der Waals surface area contributed by atoms with Crippen LogP contribution in [0.5, 0.6) is 0 Å². The Morgan fingerprint density at radius 3 is 2.50 bits per heavy atom. The summed E-state index contributed by atoms with van der Waals surface area (Å²) < 4.78 is 0. The van der Waals surface area contributed by atoms with Gasteiger partial charge in [-0.3, -0.25) is 14.7 Å². The van der Waals surface area contributed by atoms with Crippen LogP contribution < -0.4 is 0 Å². The maximum Gasteiger partial charge on any atom is 0.228 e. The molecule has 0 unspecified atom stereocenters.